The first-order valence-electron chi connectivity index (χ1n) is 5.92. The van der Waals surface area contributed by atoms with Crippen LogP contribution in [0.1, 0.15) is 24.8 Å². The molecule has 0 saturated heterocycles. The average molecular weight is 253 g/mol. The fourth-order valence-corrected chi connectivity index (χ4v) is 1.64. The summed E-state index contributed by atoms with van der Waals surface area (Å²) in [5.74, 6) is -0.796. The lowest BCUT2D eigenvalue weighted by Crippen LogP contribution is -2.28. The van der Waals surface area contributed by atoms with Crippen LogP contribution in [0.15, 0.2) is 12.4 Å². The summed E-state index contributed by atoms with van der Waals surface area (Å²) < 4.78 is 1.70. The van der Waals surface area contributed by atoms with Crippen molar-refractivity contribution in [2.24, 2.45) is 7.05 Å². The van der Waals surface area contributed by atoms with E-state index < -0.39 is 5.97 Å². The molecule has 0 bridgehead atoms. The lowest BCUT2D eigenvalue weighted by atomic mass is 10.2. The molecule has 0 aliphatic heterocycles. The quantitative estimate of drug-likeness (QED) is 0.775. The van der Waals surface area contributed by atoms with Crippen molar-refractivity contribution >= 4 is 11.9 Å². The van der Waals surface area contributed by atoms with Gasteiger partial charge in [0.2, 0.25) is 5.91 Å². The smallest absolute Gasteiger partial charge is 0.303 e. The van der Waals surface area contributed by atoms with Gasteiger partial charge in [0.05, 0.1) is 6.20 Å². The van der Waals surface area contributed by atoms with E-state index in [0.717, 1.165) is 5.56 Å². The molecule has 0 aliphatic rings. The molecule has 0 aliphatic carbocycles. The monoisotopic (exact) mass is 253 g/mol. The van der Waals surface area contributed by atoms with Gasteiger partial charge in [-0.1, -0.05) is 0 Å². The van der Waals surface area contributed by atoms with Gasteiger partial charge in [-0.15, -0.1) is 0 Å². The predicted octanol–water partition coefficient (Wildman–Crippen LogP) is 0.676. The van der Waals surface area contributed by atoms with Gasteiger partial charge in [-0.25, -0.2) is 0 Å². The van der Waals surface area contributed by atoms with E-state index in [2.05, 4.69) is 5.10 Å². The van der Waals surface area contributed by atoms with E-state index in [4.69, 9.17) is 5.11 Å². The normalized spacial score (nSPS) is 10.3. The first kappa shape index (κ1) is 14.2. The molecular weight excluding hydrogens is 234 g/mol. The van der Waals surface area contributed by atoms with Crippen LogP contribution in [-0.2, 0) is 23.1 Å². The van der Waals surface area contributed by atoms with Crippen molar-refractivity contribution in [1.82, 2.24) is 14.7 Å². The van der Waals surface area contributed by atoms with E-state index in [1.54, 1.807) is 22.8 Å². The largest absolute Gasteiger partial charge is 0.481 e. The predicted molar refractivity (Wildman–Crippen MR) is 66.0 cm³/mol. The number of carbonyl (C=O) groups is 2. The van der Waals surface area contributed by atoms with Crippen molar-refractivity contribution in [3.63, 3.8) is 0 Å². The second-order valence-corrected chi connectivity index (χ2v) is 4.33. The summed E-state index contributed by atoms with van der Waals surface area (Å²) in [5, 5.41) is 12.5. The maximum absolute atomic E-state index is 11.8. The summed E-state index contributed by atoms with van der Waals surface area (Å²) >= 11 is 0. The molecule has 0 radical (unpaired) electrons. The van der Waals surface area contributed by atoms with E-state index in [9.17, 15) is 9.59 Å². The summed E-state index contributed by atoms with van der Waals surface area (Å²) in [6.07, 6.45) is 5.31. The molecule has 1 aromatic heterocycles. The van der Waals surface area contributed by atoms with Gasteiger partial charge in [-0.05, 0) is 18.4 Å². The SMILES string of the molecule is CN(CCCC(=O)O)C(=O)CCc1cnn(C)c1. The van der Waals surface area contributed by atoms with Crippen LogP contribution in [0.3, 0.4) is 0 Å². The van der Waals surface area contributed by atoms with Crippen LogP contribution in [0.2, 0.25) is 0 Å². The number of carboxylic acid groups (broad SMARTS) is 1. The number of rotatable bonds is 7. The zero-order valence-corrected chi connectivity index (χ0v) is 10.8. The van der Waals surface area contributed by atoms with Crippen molar-refractivity contribution in [1.29, 1.82) is 0 Å². The zero-order valence-electron chi connectivity index (χ0n) is 10.8. The Balaban J connectivity index is 2.25. The number of nitrogens with zero attached hydrogens (tertiary/aromatic N) is 3. The van der Waals surface area contributed by atoms with Crippen LogP contribution >= 0.6 is 0 Å². The summed E-state index contributed by atoms with van der Waals surface area (Å²) in [7, 11) is 3.54. The third-order valence-corrected chi connectivity index (χ3v) is 2.70. The summed E-state index contributed by atoms with van der Waals surface area (Å²) in [4.78, 5) is 23.7. The lowest BCUT2D eigenvalue weighted by Gasteiger charge is -2.16. The minimum Gasteiger partial charge on any atom is -0.481 e. The fourth-order valence-electron chi connectivity index (χ4n) is 1.64. The van der Waals surface area contributed by atoms with E-state index in [0.29, 0.717) is 25.8 Å². The lowest BCUT2D eigenvalue weighted by molar-refractivity contribution is -0.138. The van der Waals surface area contributed by atoms with E-state index >= 15 is 0 Å². The maximum Gasteiger partial charge on any atom is 0.303 e. The average Bonchev–Trinajstić information content (AvgIpc) is 2.71. The molecule has 0 spiro atoms. The molecule has 0 unspecified atom stereocenters. The summed E-state index contributed by atoms with van der Waals surface area (Å²) in [6.45, 7) is 0.484. The highest BCUT2D eigenvalue weighted by molar-refractivity contribution is 5.76. The van der Waals surface area contributed by atoms with Gasteiger partial charge < -0.3 is 10.0 Å². The molecule has 1 amide bonds. The Morgan fingerprint density at radius 2 is 2.17 bits per heavy atom. The third-order valence-electron chi connectivity index (χ3n) is 2.70. The van der Waals surface area contributed by atoms with Gasteiger partial charge in [0.25, 0.3) is 0 Å². The Kier molecular flexibility index (Phi) is 5.35. The molecule has 0 atom stereocenters. The molecule has 1 aromatic rings. The molecule has 1 rings (SSSR count). The summed E-state index contributed by atoms with van der Waals surface area (Å²) in [6, 6.07) is 0. The van der Waals surface area contributed by atoms with E-state index in [1.807, 2.05) is 13.2 Å². The standard InChI is InChI=1S/C12H19N3O3/c1-14(7-3-4-12(17)18)11(16)6-5-10-8-13-15(2)9-10/h8-9H,3-7H2,1-2H3,(H,17,18). The Bertz CT molecular complexity index is 414. The fraction of sp³-hybridized carbons (Fsp3) is 0.583. The van der Waals surface area contributed by atoms with Crippen molar-refractivity contribution < 1.29 is 14.7 Å². The van der Waals surface area contributed by atoms with Crippen molar-refractivity contribution in [2.45, 2.75) is 25.7 Å². The Morgan fingerprint density at radius 3 is 2.72 bits per heavy atom. The number of carboxylic acids is 1. The molecule has 0 saturated carbocycles. The second kappa shape index (κ2) is 6.78. The number of amides is 1. The van der Waals surface area contributed by atoms with E-state index in [-0.39, 0.29) is 12.3 Å². The van der Waals surface area contributed by atoms with Gasteiger partial charge >= 0.3 is 5.97 Å². The molecule has 18 heavy (non-hydrogen) atoms. The van der Waals surface area contributed by atoms with Crippen molar-refractivity contribution in [2.75, 3.05) is 13.6 Å². The molecule has 1 heterocycles. The van der Waals surface area contributed by atoms with Gasteiger partial charge in [-0.2, -0.15) is 5.10 Å². The Labute approximate surface area is 106 Å². The topological polar surface area (TPSA) is 75.4 Å². The van der Waals surface area contributed by atoms with Crippen LogP contribution in [0.5, 0.6) is 0 Å². The number of aryl methyl sites for hydroxylation is 2. The van der Waals surface area contributed by atoms with Crippen LogP contribution < -0.4 is 0 Å². The van der Waals surface area contributed by atoms with Gasteiger partial charge in [0.15, 0.2) is 0 Å². The summed E-state index contributed by atoms with van der Waals surface area (Å²) in [5.41, 5.74) is 1.03. The number of hydrogen-bond acceptors (Lipinski definition) is 3. The number of carbonyl (C=O) groups excluding carboxylic acids is 1. The first-order valence-corrected chi connectivity index (χ1v) is 5.92. The van der Waals surface area contributed by atoms with Gasteiger partial charge in [0.1, 0.15) is 0 Å². The maximum atomic E-state index is 11.8. The molecule has 1 N–H and O–H groups in total. The first-order chi connectivity index (χ1) is 8.49. The highest BCUT2D eigenvalue weighted by Gasteiger charge is 2.09. The van der Waals surface area contributed by atoms with Crippen molar-refractivity contribution in [3.05, 3.63) is 18.0 Å². The molecule has 0 aromatic carbocycles. The van der Waals surface area contributed by atoms with Crippen LogP contribution in [0.25, 0.3) is 0 Å². The molecule has 6 heteroatoms. The van der Waals surface area contributed by atoms with Crippen molar-refractivity contribution in [3.8, 4) is 0 Å². The minimum atomic E-state index is -0.828. The number of aliphatic carboxylic acids is 1. The van der Waals surface area contributed by atoms with Gasteiger partial charge in [0, 0.05) is 39.7 Å². The van der Waals surface area contributed by atoms with Crippen LogP contribution in [-0.4, -0.2) is 45.3 Å². The molecule has 0 fully saturated rings. The second-order valence-electron chi connectivity index (χ2n) is 4.33. The Hall–Kier alpha value is -1.85. The number of hydrogen-bond donors (Lipinski definition) is 1. The molecule has 100 valence electrons. The van der Waals surface area contributed by atoms with E-state index in [1.165, 1.54) is 0 Å². The Morgan fingerprint density at radius 1 is 1.44 bits per heavy atom. The minimum absolute atomic E-state index is 0.0317. The number of aromatic nitrogens is 2. The van der Waals surface area contributed by atoms with Crippen LogP contribution in [0, 0.1) is 0 Å². The van der Waals surface area contributed by atoms with Crippen LogP contribution in [0.4, 0.5) is 0 Å². The third kappa shape index (κ3) is 4.99. The van der Waals surface area contributed by atoms with Gasteiger partial charge in [-0.3, -0.25) is 14.3 Å². The molecular formula is C12H19N3O3. The molecule has 6 nitrogen and oxygen atoms in total. The zero-order chi connectivity index (χ0) is 13.5. The highest BCUT2D eigenvalue weighted by atomic mass is 16.4. The highest BCUT2D eigenvalue weighted by Crippen LogP contribution is 2.03.